The molecule has 1 aromatic carbocycles. The SMILES string of the molecule is CC1(CN)CCc2cc(C(F)(F)F)ccc2C1. The summed E-state index contributed by atoms with van der Waals surface area (Å²) in [6.45, 7) is 2.67. The van der Waals surface area contributed by atoms with Gasteiger partial charge in [-0.25, -0.2) is 0 Å². The normalized spacial score (nSPS) is 24.5. The lowest BCUT2D eigenvalue weighted by Crippen LogP contribution is -2.33. The summed E-state index contributed by atoms with van der Waals surface area (Å²) in [4.78, 5) is 0. The maximum Gasteiger partial charge on any atom is 0.416 e. The number of halogens is 3. The van der Waals surface area contributed by atoms with Crippen LogP contribution in [-0.2, 0) is 19.0 Å². The van der Waals surface area contributed by atoms with E-state index in [0.717, 1.165) is 24.0 Å². The minimum absolute atomic E-state index is 0.0345. The predicted molar refractivity (Wildman–Crippen MR) is 60.6 cm³/mol. The summed E-state index contributed by atoms with van der Waals surface area (Å²) in [6, 6.07) is 4.05. The molecule has 2 rings (SSSR count). The zero-order valence-electron chi connectivity index (χ0n) is 9.77. The molecular formula is C13H16F3N. The Morgan fingerprint density at radius 1 is 1.29 bits per heavy atom. The molecule has 1 unspecified atom stereocenters. The molecule has 0 heterocycles. The van der Waals surface area contributed by atoms with E-state index in [4.69, 9.17) is 5.73 Å². The van der Waals surface area contributed by atoms with E-state index in [2.05, 4.69) is 6.92 Å². The number of alkyl halides is 3. The first-order valence-electron chi connectivity index (χ1n) is 5.73. The van der Waals surface area contributed by atoms with Crippen molar-refractivity contribution in [3.63, 3.8) is 0 Å². The van der Waals surface area contributed by atoms with E-state index < -0.39 is 11.7 Å². The molecule has 17 heavy (non-hydrogen) atoms. The van der Waals surface area contributed by atoms with E-state index in [1.165, 1.54) is 12.1 Å². The Hall–Kier alpha value is -1.03. The quantitative estimate of drug-likeness (QED) is 0.805. The van der Waals surface area contributed by atoms with Crippen molar-refractivity contribution in [3.05, 3.63) is 34.9 Å². The van der Waals surface area contributed by atoms with Crippen molar-refractivity contribution < 1.29 is 13.2 Å². The van der Waals surface area contributed by atoms with Gasteiger partial charge in [-0.05, 0) is 54.5 Å². The molecule has 1 aromatic rings. The number of nitrogens with two attached hydrogens (primary N) is 1. The van der Waals surface area contributed by atoms with Crippen LogP contribution in [-0.4, -0.2) is 6.54 Å². The van der Waals surface area contributed by atoms with Crippen LogP contribution < -0.4 is 5.73 Å². The Labute approximate surface area is 98.8 Å². The highest BCUT2D eigenvalue weighted by Crippen LogP contribution is 2.37. The van der Waals surface area contributed by atoms with Gasteiger partial charge in [0.2, 0.25) is 0 Å². The summed E-state index contributed by atoms with van der Waals surface area (Å²) in [5.74, 6) is 0. The molecule has 0 spiro atoms. The van der Waals surface area contributed by atoms with Gasteiger partial charge in [0, 0.05) is 0 Å². The summed E-state index contributed by atoms with van der Waals surface area (Å²) in [5, 5.41) is 0. The first-order valence-corrected chi connectivity index (χ1v) is 5.73. The van der Waals surface area contributed by atoms with Gasteiger partial charge >= 0.3 is 6.18 Å². The molecule has 0 radical (unpaired) electrons. The minimum atomic E-state index is -4.25. The van der Waals surface area contributed by atoms with Crippen LogP contribution >= 0.6 is 0 Å². The molecule has 0 fully saturated rings. The van der Waals surface area contributed by atoms with Gasteiger partial charge in [-0.2, -0.15) is 13.2 Å². The van der Waals surface area contributed by atoms with Crippen LogP contribution in [0.15, 0.2) is 18.2 Å². The van der Waals surface area contributed by atoms with Crippen LogP contribution in [0, 0.1) is 5.41 Å². The molecule has 0 bridgehead atoms. The second kappa shape index (κ2) is 4.02. The van der Waals surface area contributed by atoms with Crippen molar-refractivity contribution in [2.45, 2.75) is 32.4 Å². The second-order valence-electron chi connectivity index (χ2n) is 5.17. The highest BCUT2D eigenvalue weighted by molar-refractivity contribution is 5.36. The number of rotatable bonds is 1. The van der Waals surface area contributed by atoms with Crippen molar-refractivity contribution in [1.29, 1.82) is 0 Å². The maximum atomic E-state index is 12.6. The molecule has 1 atom stereocenters. The fourth-order valence-corrected chi connectivity index (χ4v) is 2.37. The number of aryl methyl sites for hydroxylation is 1. The van der Waals surface area contributed by atoms with Crippen LogP contribution in [0.4, 0.5) is 13.2 Å². The van der Waals surface area contributed by atoms with Crippen LogP contribution in [0.1, 0.15) is 30.0 Å². The minimum Gasteiger partial charge on any atom is -0.330 e. The third-order valence-corrected chi connectivity index (χ3v) is 3.64. The zero-order chi connectivity index (χ0) is 12.7. The zero-order valence-corrected chi connectivity index (χ0v) is 9.77. The summed E-state index contributed by atoms with van der Waals surface area (Å²) >= 11 is 0. The largest absolute Gasteiger partial charge is 0.416 e. The number of hydrogen-bond acceptors (Lipinski definition) is 1. The van der Waals surface area contributed by atoms with Gasteiger partial charge in [-0.3, -0.25) is 0 Å². The highest BCUT2D eigenvalue weighted by atomic mass is 19.4. The molecule has 0 aromatic heterocycles. The van der Waals surface area contributed by atoms with E-state index in [1.54, 1.807) is 6.07 Å². The smallest absolute Gasteiger partial charge is 0.330 e. The third-order valence-electron chi connectivity index (χ3n) is 3.64. The average Bonchev–Trinajstić information content (AvgIpc) is 2.27. The Kier molecular flexibility index (Phi) is 2.94. The van der Waals surface area contributed by atoms with E-state index in [1.807, 2.05) is 0 Å². The maximum absolute atomic E-state index is 12.6. The van der Waals surface area contributed by atoms with Gasteiger partial charge in [0.05, 0.1) is 5.56 Å². The van der Waals surface area contributed by atoms with E-state index in [-0.39, 0.29) is 5.41 Å². The molecule has 1 aliphatic carbocycles. The topological polar surface area (TPSA) is 26.0 Å². The third kappa shape index (κ3) is 2.46. The molecule has 0 saturated heterocycles. The molecule has 94 valence electrons. The number of hydrogen-bond donors (Lipinski definition) is 1. The standard InChI is InChI=1S/C13H16F3N/c1-12(8-17)5-4-9-6-11(13(14,15)16)3-2-10(9)7-12/h2-3,6H,4-5,7-8,17H2,1H3. The van der Waals surface area contributed by atoms with Gasteiger partial charge in [-0.1, -0.05) is 13.0 Å². The van der Waals surface area contributed by atoms with Crippen molar-refractivity contribution in [2.75, 3.05) is 6.54 Å². The molecule has 0 aliphatic heterocycles. The number of benzene rings is 1. The molecule has 0 amide bonds. The van der Waals surface area contributed by atoms with E-state index >= 15 is 0 Å². The average molecular weight is 243 g/mol. The van der Waals surface area contributed by atoms with Gasteiger partial charge in [-0.15, -0.1) is 0 Å². The fourth-order valence-electron chi connectivity index (χ4n) is 2.37. The van der Waals surface area contributed by atoms with Gasteiger partial charge < -0.3 is 5.73 Å². The van der Waals surface area contributed by atoms with Crippen LogP contribution in [0.3, 0.4) is 0 Å². The lowest BCUT2D eigenvalue weighted by atomic mass is 9.73. The van der Waals surface area contributed by atoms with Crippen LogP contribution in [0.2, 0.25) is 0 Å². The van der Waals surface area contributed by atoms with E-state index in [9.17, 15) is 13.2 Å². The Balaban J connectivity index is 2.32. The van der Waals surface area contributed by atoms with Crippen molar-refractivity contribution in [2.24, 2.45) is 11.1 Å². The number of fused-ring (bicyclic) bond motifs is 1. The summed E-state index contributed by atoms with van der Waals surface area (Å²) < 4.78 is 37.7. The lowest BCUT2D eigenvalue weighted by Gasteiger charge is -2.34. The molecule has 4 heteroatoms. The molecule has 1 aliphatic rings. The molecule has 1 nitrogen and oxygen atoms in total. The summed E-state index contributed by atoms with van der Waals surface area (Å²) in [5.41, 5.74) is 7.04. The fraction of sp³-hybridized carbons (Fsp3) is 0.538. The van der Waals surface area contributed by atoms with Crippen molar-refractivity contribution in [3.8, 4) is 0 Å². The summed E-state index contributed by atoms with van der Waals surface area (Å²) in [7, 11) is 0. The second-order valence-corrected chi connectivity index (χ2v) is 5.17. The molecule has 0 saturated carbocycles. The highest BCUT2D eigenvalue weighted by Gasteiger charge is 2.33. The van der Waals surface area contributed by atoms with Gasteiger partial charge in [0.15, 0.2) is 0 Å². The Morgan fingerprint density at radius 3 is 2.59 bits per heavy atom. The first kappa shape index (κ1) is 12.4. The van der Waals surface area contributed by atoms with Crippen LogP contribution in [0.5, 0.6) is 0 Å². The van der Waals surface area contributed by atoms with Crippen molar-refractivity contribution in [1.82, 2.24) is 0 Å². The summed E-state index contributed by atoms with van der Waals surface area (Å²) in [6.07, 6.45) is -1.93. The Bertz CT molecular complexity index is 425. The van der Waals surface area contributed by atoms with Gasteiger partial charge in [0.1, 0.15) is 0 Å². The van der Waals surface area contributed by atoms with Crippen LogP contribution in [0.25, 0.3) is 0 Å². The predicted octanol–water partition coefficient (Wildman–Crippen LogP) is 3.16. The molecule has 2 N–H and O–H groups in total. The van der Waals surface area contributed by atoms with Crippen molar-refractivity contribution >= 4 is 0 Å². The monoisotopic (exact) mass is 243 g/mol. The van der Waals surface area contributed by atoms with Gasteiger partial charge in [0.25, 0.3) is 0 Å². The first-order chi connectivity index (χ1) is 7.84. The molecular weight excluding hydrogens is 227 g/mol. The lowest BCUT2D eigenvalue weighted by molar-refractivity contribution is -0.137. The van der Waals surface area contributed by atoms with E-state index in [0.29, 0.717) is 13.0 Å². The Morgan fingerprint density at radius 2 is 2.00 bits per heavy atom.